The molecule has 0 amide bonds. The van der Waals surface area contributed by atoms with Crippen molar-refractivity contribution in [2.45, 2.75) is 0 Å². The van der Waals surface area contributed by atoms with Crippen LogP contribution in [0.5, 0.6) is 0 Å². The zero-order chi connectivity index (χ0) is 14.0. The molecule has 3 N–H and O–H groups in total. The molecular weight excluding hydrogens is 257 g/mol. The number of aromatic nitrogens is 1. The van der Waals surface area contributed by atoms with E-state index >= 15 is 0 Å². The van der Waals surface area contributed by atoms with Crippen LogP contribution in [0.4, 0.5) is 30.4 Å². The van der Waals surface area contributed by atoms with E-state index in [9.17, 15) is 13.2 Å². The Labute approximate surface area is 106 Å². The smallest absolute Gasteiger partial charge is 0.161 e. The second-order valence-electron chi connectivity index (χ2n) is 3.65. The number of benzene rings is 1. The van der Waals surface area contributed by atoms with Gasteiger partial charge in [-0.3, -0.25) is 0 Å². The molecule has 0 atom stereocenters. The third kappa shape index (κ3) is 2.57. The highest BCUT2D eigenvalue weighted by Gasteiger charge is 2.12. The molecule has 7 heteroatoms. The van der Waals surface area contributed by atoms with Gasteiger partial charge in [-0.2, -0.15) is 5.26 Å². The molecule has 2 aromatic rings. The number of nitrogen functional groups attached to an aromatic ring is 1. The summed E-state index contributed by atoms with van der Waals surface area (Å²) in [5.74, 6) is -3.50. The maximum absolute atomic E-state index is 13.4. The van der Waals surface area contributed by atoms with Crippen LogP contribution in [-0.4, -0.2) is 4.98 Å². The molecule has 96 valence electrons. The van der Waals surface area contributed by atoms with Crippen molar-refractivity contribution in [3.63, 3.8) is 0 Å². The first-order valence-corrected chi connectivity index (χ1v) is 5.08. The van der Waals surface area contributed by atoms with Crippen molar-refractivity contribution in [2.24, 2.45) is 0 Å². The lowest BCUT2D eigenvalue weighted by atomic mass is 10.2. The second-order valence-corrected chi connectivity index (χ2v) is 3.65. The van der Waals surface area contributed by atoms with Crippen molar-refractivity contribution in [3.05, 3.63) is 47.4 Å². The van der Waals surface area contributed by atoms with Crippen LogP contribution in [0.2, 0.25) is 0 Å². The molecule has 2 rings (SSSR count). The van der Waals surface area contributed by atoms with Gasteiger partial charge in [0, 0.05) is 12.1 Å². The highest BCUT2D eigenvalue weighted by Crippen LogP contribution is 2.24. The summed E-state index contributed by atoms with van der Waals surface area (Å²) in [4.78, 5) is 3.80. The SMILES string of the molecule is N#Cc1cc(N)cnc1Nc1cc(F)c(F)cc1F. The van der Waals surface area contributed by atoms with Gasteiger partial charge in [-0.1, -0.05) is 0 Å². The lowest BCUT2D eigenvalue weighted by molar-refractivity contribution is 0.496. The Bertz CT molecular complexity index is 679. The van der Waals surface area contributed by atoms with Crippen molar-refractivity contribution >= 4 is 17.2 Å². The quantitative estimate of drug-likeness (QED) is 0.818. The minimum Gasteiger partial charge on any atom is -0.397 e. The Morgan fingerprint density at radius 2 is 1.79 bits per heavy atom. The number of nitrogens with zero attached hydrogens (tertiary/aromatic N) is 2. The van der Waals surface area contributed by atoms with Crippen LogP contribution in [0.3, 0.4) is 0 Å². The Balaban J connectivity index is 2.42. The lowest BCUT2D eigenvalue weighted by Crippen LogP contribution is -2.02. The summed E-state index contributed by atoms with van der Waals surface area (Å²) in [5.41, 5.74) is 5.44. The van der Waals surface area contributed by atoms with Crippen LogP contribution in [0.15, 0.2) is 24.4 Å². The number of pyridine rings is 1. The predicted octanol–water partition coefficient (Wildman–Crippen LogP) is 2.70. The Morgan fingerprint density at radius 1 is 1.11 bits per heavy atom. The Kier molecular flexibility index (Phi) is 3.25. The number of anilines is 3. The van der Waals surface area contributed by atoms with E-state index in [0.717, 1.165) is 0 Å². The first-order valence-electron chi connectivity index (χ1n) is 5.08. The van der Waals surface area contributed by atoms with E-state index in [1.807, 2.05) is 0 Å². The van der Waals surface area contributed by atoms with Crippen LogP contribution in [0.25, 0.3) is 0 Å². The van der Waals surface area contributed by atoms with E-state index < -0.39 is 17.5 Å². The molecule has 0 spiro atoms. The summed E-state index contributed by atoms with van der Waals surface area (Å²) in [6.07, 6.45) is 1.25. The van der Waals surface area contributed by atoms with Gasteiger partial charge in [0.1, 0.15) is 17.7 Å². The van der Waals surface area contributed by atoms with E-state index in [-0.39, 0.29) is 22.8 Å². The number of nitrogens with two attached hydrogens (primary N) is 1. The van der Waals surface area contributed by atoms with Gasteiger partial charge >= 0.3 is 0 Å². The number of nitrogens with one attached hydrogen (secondary N) is 1. The molecule has 1 aromatic heterocycles. The number of hydrogen-bond donors (Lipinski definition) is 2. The van der Waals surface area contributed by atoms with Gasteiger partial charge in [0.2, 0.25) is 0 Å². The molecule has 4 nitrogen and oxygen atoms in total. The van der Waals surface area contributed by atoms with Gasteiger partial charge in [-0.25, -0.2) is 18.2 Å². The fourth-order valence-electron chi connectivity index (χ4n) is 1.41. The van der Waals surface area contributed by atoms with Crippen molar-refractivity contribution in [3.8, 4) is 6.07 Å². The number of rotatable bonds is 2. The van der Waals surface area contributed by atoms with Gasteiger partial charge in [-0.15, -0.1) is 0 Å². The number of halogens is 3. The molecule has 1 heterocycles. The van der Waals surface area contributed by atoms with Crippen molar-refractivity contribution in [2.75, 3.05) is 11.1 Å². The van der Waals surface area contributed by atoms with Crippen molar-refractivity contribution < 1.29 is 13.2 Å². The molecule has 0 saturated heterocycles. The van der Waals surface area contributed by atoms with E-state index in [2.05, 4.69) is 10.3 Å². The molecule has 1 aromatic carbocycles. The molecule has 0 aliphatic heterocycles. The lowest BCUT2D eigenvalue weighted by Gasteiger charge is -2.09. The average molecular weight is 264 g/mol. The standard InChI is InChI=1S/C12H7F3N4/c13-8-2-10(15)11(3-9(8)14)19-12-6(4-16)1-7(17)5-18-12/h1-3,5H,17H2,(H,18,19). The Morgan fingerprint density at radius 3 is 2.47 bits per heavy atom. The molecule has 0 aliphatic carbocycles. The summed E-state index contributed by atoms with van der Waals surface area (Å²) in [6.45, 7) is 0. The number of nitriles is 1. The van der Waals surface area contributed by atoms with Crippen LogP contribution < -0.4 is 11.1 Å². The maximum Gasteiger partial charge on any atom is 0.161 e. The molecular formula is C12H7F3N4. The molecule has 19 heavy (non-hydrogen) atoms. The first kappa shape index (κ1) is 12.7. The van der Waals surface area contributed by atoms with Gasteiger partial charge in [-0.05, 0) is 6.07 Å². The fourth-order valence-corrected chi connectivity index (χ4v) is 1.41. The predicted molar refractivity (Wildman–Crippen MR) is 63.0 cm³/mol. The fraction of sp³-hybridized carbons (Fsp3) is 0. The summed E-state index contributed by atoms with van der Waals surface area (Å²) in [7, 11) is 0. The summed E-state index contributed by atoms with van der Waals surface area (Å²) < 4.78 is 39.2. The molecule has 0 saturated carbocycles. The van der Waals surface area contributed by atoms with Gasteiger partial charge in [0.05, 0.1) is 23.1 Å². The van der Waals surface area contributed by atoms with Gasteiger partial charge < -0.3 is 11.1 Å². The van der Waals surface area contributed by atoms with Crippen LogP contribution in [0, 0.1) is 28.8 Å². The number of hydrogen-bond acceptors (Lipinski definition) is 4. The van der Waals surface area contributed by atoms with Crippen LogP contribution in [-0.2, 0) is 0 Å². The monoisotopic (exact) mass is 264 g/mol. The van der Waals surface area contributed by atoms with E-state index in [0.29, 0.717) is 12.1 Å². The van der Waals surface area contributed by atoms with E-state index in [1.165, 1.54) is 12.3 Å². The maximum atomic E-state index is 13.4. The molecule has 0 fully saturated rings. The minimum atomic E-state index is -1.30. The highest BCUT2D eigenvalue weighted by molar-refractivity contribution is 5.65. The zero-order valence-electron chi connectivity index (χ0n) is 9.42. The molecule has 0 radical (unpaired) electrons. The summed E-state index contributed by atoms with van der Waals surface area (Å²) >= 11 is 0. The average Bonchev–Trinajstić information content (AvgIpc) is 2.37. The zero-order valence-corrected chi connectivity index (χ0v) is 9.42. The third-order valence-corrected chi connectivity index (χ3v) is 2.29. The second kappa shape index (κ2) is 4.86. The van der Waals surface area contributed by atoms with Gasteiger partial charge in [0.25, 0.3) is 0 Å². The summed E-state index contributed by atoms with van der Waals surface area (Å²) in [6, 6.07) is 4.18. The normalized spacial score (nSPS) is 10.0. The molecule has 0 aliphatic rings. The van der Waals surface area contributed by atoms with Gasteiger partial charge in [0.15, 0.2) is 11.6 Å². The molecule has 0 bridgehead atoms. The largest absolute Gasteiger partial charge is 0.397 e. The molecule has 0 unspecified atom stereocenters. The first-order chi connectivity index (χ1) is 9.01. The highest BCUT2D eigenvalue weighted by atomic mass is 19.2. The van der Waals surface area contributed by atoms with Crippen LogP contribution >= 0.6 is 0 Å². The minimum absolute atomic E-state index is 0.00149. The van der Waals surface area contributed by atoms with E-state index in [4.69, 9.17) is 11.0 Å². The van der Waals surface area contributed by atoms with Crippen molar-refractivity contribution in [1.82, 2.24) is 4.98 Å². The topological polar surface area (TPSA) is 74.7 Å². The summed E-state index contributed by atoms with van der Waals surface area (Å²) in [5, 5.41) is 11.3. The third-order valence-electron chi connectivity index (χ3n) is 2.29. The van der Waals surface area contributed by atoms with Crippen LogP contribution in [0.1, 0.15) is 5.56 Å². The van der Waals surface area contributed by atoms with E-state index in [1.54, 1.807) is 6.07 Å². The Hall–Kier alpha value is -2.75. The van der Waals surface area contributed by atoms with Crippen molar-refractivity contribution in [1.29, 1.82) is 5.26 Å².